The largest absolute Gasteiger partial charge is 0.385 e. The first kappa shape index (κ1) is 19.1. The standard InChI is InChI=1S/C19H25N5O3/c1-26-11-5-9-21-19(25)15-16-18(24(17(15)20)10-6-12-27-2)23-14-8-4-3-7-13(14)22-16/h3-4,7-8H,5-6,9-12,20H2,1-2H3,(H,21,25). The molecule has 0 fully saturated rings. The third-order valence-electron chi connectivity index (χ3n) is 4.36. The smallest absolute Gasteiger partial charge is 0.257 e. The topological polar surface area (TPSA) is 104 Å². The van der Waals surface area contributed by atoms with Crippen molar-refractivity contribution in [2.24, 2.45) is 0 Å². The predicted molar refractivity (Wildman–Crippen MR) is 105 cm³/mol. The number of nitrogens with zero attached hydrogens (tertiary/aromatic N) is 3. The molecule has 8 heteroatoms. The van der Waals surface area contributed by atoms with Gasteiger partial charge in [-0.1, -0.05) is 12.1 Å². The molecule has 0 atom stereocenters. The van der Waals surface area contributed by atoms with E-state index < -0.39 is 0 Å². The van der Waals surface area contributed by atoms with Crippen LogP contribution in [0.15, 0.2) is 24.3 Å². The van der Waals surface area contributed by atoms with Gasteiger partial charge in [-0.15, -0.1) is 0 Å². The number of carbonyl (C=O) groups is 1. The van der Waals surface area contributed by atoms with Gasteiger partial charge in [-0.05, 0) is 25.0 Å². The van der Waals surface area contributed by atoms with Gasteiger partial charge in [0, 0.05) is 40.5 Å². The number of para-hydroxylation sites is 2. The molecular formula is C19H25N5O3. The highest BCUT2D eigenvalue weighted by Crippen LogP contribution is 2.28. The molecule has 3 N–H and O–H groups in total. The first-order valence-corrected chi connectivity index (χ1v) is 8.98. The maximum atomic E-state index is 12.8. The number of ether oxygens (including phenoxy) is 2. The maximum Gasteiger partial charge on any atom is 0.257 e. The van der Waals surface area contributed by atoms with Crippen molar-refractivity contribution in [1.29, 1.82) is 0 Å². The summed E-state index contributed by atoms with van der Waals surface area (Å²) in [6.07, 6.45) is 1.48. The van der Waals surface area contributed by atoms with Gasteiger partial charge in [0.25, 0.3) is 5.91 Å². The molecule has 3 aromatic rings. The number of nitrogens with one attached hydrogen (secondary N) is 1. The number of rotatable bonds is 9. The van der Waals surface area contributed by atoms with Crippen LogP contribution in [0.1, 0.15) is 23.2 Å². The zero-order valence-corrected chi connectivity index (χ0v) is 15.7. The number of fused-ring (bicyclic) bond motifs is 2. The minimum Gasteiger partial charge on any atom is -0.385 e. The van der Waals surface area contributed by atoms with Crippen molar-refractivity contribution in [2.75, 3.05) is 39.7 Å². The zero-order valence-electron chi connectivity index (χ0n) is 15.7. The summed E-state index contributed by atoms with van der Waals surface area (Å²) in [5.41, 5.74) is 9.35. The van der Waals surface area contributed by atoms with E-state index in [0.29, 0.717) is 48.8 Å². The van der Waals surface area contributed by atoms with Crippen molar-refractivity contribution in [3.63, 3.8) is 0 Å². The number of aryl methyl sites for hydroxylation is 1. The average molecular weight is 371 g/mol. The Hall–Kier alpha value is -2.71. The molecule has 0 unspecified atom stereocenters. The first-order valence-electron chi connectivity index (χ1n) is 8.98. The van der Waals surface area contributed by atoms with Gasteiger partial charge in [-0.3, -0.25) is 4.79 Å². The number of hydrogen-bond acceptors (Lipinski definition) is 6. The number of carbonyl (C=O) groups excluding carboxylic acids is 1. The quantitative estimate of drug-likeness (QED) is 0.557. The Balaban J connectivity index is 2.03. The number of nitrogen functional groups attached to an aromatic ring is 1. The molecular weight excluding hydrogens is 346 g/mol. The van der Waals surface area contributed by atoms with Crippen LogP contribution in [-0.2, 0) is 16.0 Å². The van der Waals surface area contributed by atoms with Gasteiger partial charge in [0.05, 0.1) is 11.0 Å². The van der Waals surface area contributed by atoms with Gasteiger partial charge in [-0.25, -0.2) is 9.97 Å². The van der Waals surface area contributed by atoms with Crippen LogP contribution in [0.25, 0.3) is 22.2 Å². The van der Waals surface area contributed by atoms with Crippen LogP contribution in [0.5, 0.6) is 0 Å². The SMILES string of the molecule is COCCCNC(=O)c1c(N)n(CCCOC)c2nc3ccccc3nc12. The molecule has 1 amide bonds. The molecule has 0 aliphatic heterocycles. The van der Waals surface area contributed by atoms with Crippen LogP contribution in [-0.4, -0.2) is 54.4 Å². The maximum absolute atomic E-state index is 12.8. The average Bonchev–Trinajstić information content (AvgIpc) is 2.94. The lowest BCUT2D eigenvalue weighted by molar-refractivity contribution is 0.0951. The second kappa shape index (κ2) is 8.79. The van der Waals surface area contributed by atoms with Gasteiger partial charge in [-0.2, -0.15) is 0 Å². The number of anilines is 1. The van der Waals surface area contributed by atoms with E-state index in [-0.39, 0.29) is 5.91 Å². The Labute approximate surface area is 157 Å². The number of aromatic nitrogens is 3. The van der Waals surface area contributed by atoms with E-state index >= 15 is 0 Å². The lowest BCUT2D eigenvalue weighted by Gasteiger charge is -2.08. The van der Waals surface area contributed by atoms with Crippen LogP contribution in [0.2, 0.25) is 0 Å². The fourth-order valence-corrected chi connectivity index (χ4v) is 3.04. The molecule has 2 aromatic heterocycles. The van der Waals surface area contributed by atoms with Gasteiger partial charge in [0.2, 0.25) is 0 Å². The lowest BCUT2D eigenvalue weighted by atomic mass is 10.2. The summed E-state index contributed by atoms with van der Waals surface area (Å²) in [6, 6.07) is 7.58. The predicted octanol–water partition coefficient (Wildman–Crippen LogP) is 1.97. The van der Waals surface area contributed by atoms with Gasteiger partial charge >= 0.3 is 0 Å². The molecule has 27 heavy (non-hydrogen) atoms. The molecule has 0 spiro atoms. The summed E-state index contributed by atoms with van der Waals surface area (Å²) in [7, 11) is 3.29. The number of benzene rings is 1. The monoisotopic (exact) mass is 371 g/mol. The first-order chi connectivity index (χ1) is 13.2. The Morgan fingerprint density at radius 3 is 2.48 bits per heavy atom. The number of nitrogens with two attached hydrogens (primary N) is 1. The highest BCUT2D eigenvalue weighted by molar-refractivity contribution is 6.10. The lowest BCUT2D eigenvalue weighted by Crippen LogP contribution is -2.26. The molecule has 0 aliphatic rings. The highest BCUT2D eigenvalue weighted by atomic mass is 16.5. The Morgan fingerprint density at radius 2 is 1.78 bits per heavy atom. The number of methoxy groups -OCH3 is 2. The minimum atomic E-state index is -0.247. The van der Waals surface area contributed by atoms with Gasteiger partial charge in [0.1, 0.15) is 16.9 Å². The van der Waals surface area contributed by atoms with Crippen molar-refractivity contribution in [1.82, 2.24) is 19.9 Å². The normalized spacial score (nSPS) is 11.3. The summed E-state index contributed by atoms with van der Waals surface area (Å²) in [5.74, 6) is 0.129. The van der Waals surface area contributed by atoms with Crippen LogP contribution < -0.4 is 11.1 Å². The highest BCUT2D eigenvalue weighted by Gasteiger charge is 2.23. The van der Waals surface area contributed by atoms with Crippen molar-refractivity contribution < 1.29 is 14.3 Å². The Kier molecular flexibility index (Phi) is 6.20. The summed E-state index contributed by atoms with van der Waals surface area (Å²) in [5, 5.41) is 2.89. The molecule has 0 saturated heterocycles. The van der Waals surface area contributed by atoms with Gasteiger partial charge in [0.15, 0.2) is 5.65 Å². The summed E-state index contributed by atoms with van der Waals surface area (Å²) >= 11 is 0. The van der Waals surface area contributed by atoms with Crippen LogP contribution >= 0.6 is 0 Å². The summed E-state index contributed by atoms with van der Waals surface area (Å²) in [4.78, 5) is 22.2. The van der Waals surface area contributed by atoms with E-state index in [1.54, 1.807) is 14.2 Å². The number of amides is 1. The zero-order chi connectivity index (χ0) is 19.2. The molecule has 144 valence electrons. The third kappa shape index (κ3) is 4.01. The van der Waals surface area contributed by atoms with E-state index in [0.717, 1.165) is 23.9 Å². The molecule has 0 bridgehead atoms. The molecule has 0 saturated carbocycles. The molecule has 1 aromatic carbocycles. The van der Waals surface area contributed by atoms with Crippen molar-refractivity contribution in [3.05, 3.63) is 29.8 Å². The number of hydrogen-bond donors (Lipinski definition) is 2. The van der Waals surface area contributed by atoms with Crippen LogP contribution in [0.3, 0.4) is 0 Å². The van der Waals surface area contributed by atoms with Crippen molar-refractivity contribution in [3.8, 4) is 0 Å². The van der Waals surface area contributed by atoms with E-state index in [4.69, 9.17) is 20.2 Å². The second-order valence-corrected chi connectivity index (χ2v) is 6.25. The van der Waals surface area contributed by atoms with Gasteiger partial charge < -0.3 is 25.1 Å². The molecule has 2 heterocycles. The third-order valence-corrected chi connectivity index (χ3v) is 4.36. The van der Waals surface area contributed by atoms with E-state index in [2.05, 4.69) is 10.3 Å². The van der Waals surface area contributed by atoms with E-state index in [9.17, 15) is 4.79 Å². The minimum absolute atomic E-state index is 0.247. The van der Waals surface area contributed by atoms with Crippen molar-refractivity contribution in [2.45, 2.75) is 19.4 Å². The van der Waals surface area contributed by atoms with E-state index in [1.165, 1.54) is 0 Å². The molecule has 0 radical (unpaired) electrons. The Morgan fingerprint density at radius 1 is 1.11 bits per heavy atom. The molecule has 8 nitrogen and oxygen atoms in total. The Bertz CT molecular complexity index is 938. The van der Waals surface area contributed by atoms with Crippen LogP contribution in [0.4, 0.5) is 5.82 Å². The second-order valence-electron chi connectivity index (χ2n) is 6.25. The molecule has 3 rings (SSSR count). The fraction of sp³-hybridized carbons (Fsp3) is 0.421. The fourth-order valence-electron chi connectivity index (χ4n) is 3.04. The van der Waals surface area contributed by atoms with Crippen molar-refractivity contribution >= 4 is 33.9 Å². The summed E-state index contributed by atoms with van der Waals surface area (Å²) in [6.45, 7) is 2.28. The van der Waals surface area contributed by atoms with Crippen LogP contribution in [0, 0.1) is 0 Å². The summed E-state index contributed by atoms with van der Waals surface area (Å²) < 4.78 is 12.0. The molecule has 0 aliphatic carbocycles. The van der Waals surface area contributed by atoms with E-state index in [1.807, 2.05) is 28.8 Å².